The predicted molar refractivity (Wildman–Crippen MR) is 75.7 cm³/mol. The molecular formula is C14H14F2N2OS. The number of nitrogens with two attached hydrogens (primary N) is 1. The molecule has 20 heavy (non-hydrogen) atoms. The zero-order valence-corrected chi connectivity index (χ0v) is 11.9. The van der Waals surface area contributed by atoms with Gasteiger partial charge >= 0.3 is 0 Å². The van der Waals surface area contributed by atoms with Crippen LogP contribution in [0.5, 0.6) is 0 Å². The summed E-state index contributed by atoms with van der Waals surface area (Å²) in [6.45, 7) is 4.28. The molecule has 0 bridgehead atoms. The molecule has 3 nitrogen and oxygen atoms in total. The molecule has 3 N–H and O–H groups in total. The monoisotopic (exact) mass is 296 g/mol. The predicted octanol–water partition coefficient (Wildman–Crippen LogP) is 3.16. The Bertz CT molecular complexity index is 648. The number of hydrogen-bond acceptors (Lipinski definition) is 3. The Morgan fingerprint density at radius 2 is 1.95 bits per heavy atom. The van der Waals surface area contributed by atoms with E-state index in [0.29, 0.717) is 12.6 Å². The van der Waals surface area contributed by atoms with Crippen LogP contribution in [-0.4, -0.2) is 5.91 Å². The number of anilines is 1. The molecule has 106 valence electrons. The molecule has 0 spiro atoms. The van der Waals surface area contributed by atoms with Gasteiger partial charge in [0, 0.05) is 15.8 Å². The minimum absolute atomic E-state index is 0.251. The molecule has 0 fully saturated rings. The van der Waals surface area contributed by atoms with Crippen molar-refractivity contribution in [1.29, 1.82) is 0 Å². The fourth-order valence-corrected chi connectivity index (χ4v) is 2.73. The summed E-state index contributed by atoms with van der Waals surface area (Å²) < 4.78 is 26.5. The highest BCUT2D eigenvalue weighted by molar-refractivity contribution is 7.12. The number of carbonyl (C=O) groups is 1. The van der Waals surface area contributed by atoms with E-state index in [9.17, 15) is 13.6 Å². The molecule has 2 aromatic rings. The van der Waals surface area contributed by atoms with E-state index in [4.69, 9.17) is 5.73 Å². The average molecular weight is 296 g/mol. The molecule has 1 amide bonds. The number of benzene rings is 1. The van der Waals surface area contributed by atoms with E-state index in [-0.39, 0.29) is 11.3 Å². The van der Waals surface area contributed by atoms with Gasteiger partial charge in [0.25, 0.3) is 5.91 Å². The summed E-state index contributed by atoms with van der Waals surface area (Å²) in [7, 11) is 0. The van der Waals surface area contributed by atoms with Crippen molar-refractivity contribution >= 4 is 22.9 Å². The maximum Gasteiger partial charge on any atom is 0.254 e. The van der Waals surface area contributed by atoms with Gasteiger partial charge in [-0.2, -0.15) is 0 Å². The van der Waals surface area contributed by atoms with Gasteiger partial charge in [-0.15, -0.1) is 11.3 Å². The van der Waals surface area contributed by atoms with E-state index in [1.807, 2.05) is 19.9 Å². The van der Waals surface area contributed by atoms with E-state index < -0.39 is 17.5 Å². The molecule has 0 saturated heterocycles. The molecule has 0 radical (unpaired) electrons. The standard InChI is InChI=1S/C14H14F2N2OS/c1-7-3-9(20-8(7)2)6-18-14(19)10-4-13(17)12(16)5-11(10)15/h3-5H,6,17H2,1-2H3,(H,18,19). The average Bonchev–Trinajstić information content (AvgIpc) is 2.70. The first-order valence-corrected chi connectivity index (χ1v) is 6.78. The largest absolute Gasteiger partial charge is 0.396 e. The van der Waals surface area contributed by atoms with Crippen LogP contribution in [-0.2, 0) is 6.54 Å². The lowest BCUT2D eigenvalue weighted by Gasteiger charge is -2.06. The Morgan fingerprint density at radius 3 is 2.55 bits per heavy atom. The lowest BCUT2D eigenvalue weighted by molar-refractivity contribution is 0.0947. The lowest BCUT2D eigenvalue weighted by Crippen LogP contribution is -2.23. The van der Waals surface area contributed by atoms with Crippen molar-refractivity contribution in [1.82, 2.24) is 5.32 Å². The molecule has 1 heterocycles. The van der Waals surface area contributed by atoms with Gasteiger partial charge in [0.15, 0.2) is 0 Å². The molecule has 6 heteroatoms. The summed E-state index contributed by atoms with van der Waals surface area (Å²) in [5, 5.41) is 2.60. The first-order valence-electron chi connectivity index (χ1n) is 5.97. The van der Waals surface area contributed by atoms with Crippen molar-refractivity contribution in [3.8, 4) is 0 Å². The van der Waals surface area contributed by atoms with Gasteiger partial charge in [0.2, 0.25) is 0 Å². The molecule has 0 aliphatic heterocycles. The molecule has 0 unspecified atom stereocenters. The van der Waals surface area contributed by atoms with Crippen LogP contribution < -0.4 is 11.1 Å². The Morgan fingerprint density at radius 1 is 1.25 bits per heavy atom. The molecular weight excluding hydrogens is 282 g/mol. The van der Waals surface area contributed by atoms with Crippen LogP contribution in [0, 0.1) is 25.5 Å². The third kappa shape index (κ3) is 2.96. The van der Waals surface area contributed by atoms with Crippen molar-refractivity contribution in [2.24, 2.45) is 0 Å². The van der Waals surface area contributed by atoms with Crippen molar-refractivity contribution < 1.29 is 13.6 Å². The highest BCUT2D eigenvalue weighted by Crippen LogP contribution is 2.21. The van der Waals surface area contributed by atoms with E-state index in [2.05, 4.69) is 5.32 Å². The number of nitrogen functional groups attached to an aromatic ring is 1. The fourth-order valence-electron chi connectivity index (χ4n) is 1.74. The second-order valence-electron chi connectivity index (χ2n) is 4.49. The van der Waals surface area contributed by atoms with Crippen LogP contribution in [0.4, 0.5) is 14.5 Å². The summed E-state index contributed by atoms with van der Waals surface area (Å²) in [6.07, 6.45) is 0. The van der Waals surface area contributed by atoms with Gasteiger partial charge in [0.1, 0.15) is 11.6 Å². The number of aryl methyl sites for hydroxylation is 2. The van der Waals surface area contributed by atoms with Crippen LogP contribution in [0.1, 0.15) is 25.7 Å². The molecule has 0 aliphatic carbocycles. The Balaban J connectivity index is 2.11. The highest BCUT2D eigenvalue weighted by Gasteiger charge is 2.15. The van der Waals surface area contributed by atoms with Gasteiger partial charge in [0.05, 0.1) is 17.8 Å². The molecule has 0 atom stereocenters. The van der Waals surface area contributed by atoms with E-state index in [1.54, 1.807) is 11.3 Å². The number of halogens is 2. The summed E-state index contributed by atoms with van der Waals surface area (Å²) in [5.41, 5.74) is 5.98. The molecule has 0 saturated carbocycles. The number of carbonyl (C=O) groups excluding carboxylic acids is 1. The number of amides is 1. The van der Waals surface area contributed by atoms with Crippen LogP contribution in [0.3, 0.4) is 0 Å². The molecule has 0 aliphatic rings. The second kappa shape index (κ2) is 5.58. The fraction of sp³-hybridized carbons (Fsp3) is 0.214. The number of rotatable bonds is 3. The van der Waals surface area contributed by atoms with Gasteiger partial charge in [-0.1, -0.05) is 0 Å². The van der Waals surface area contributed by atoms with Crippen LogP contribution in [0.15, 0.2) is 18.2 Å². The zero-order chi connectivity index (χ0) is 14.9. The lowest BCUT2D eigenvalue weighted by atomic mass is 10.1. The van der Waals surface area contributed by atoms with E-state index >= 15 is 0 Å². The summed E-state index contributed by atoms with van der Waals surface area (Å²) >= 11 is 1.57. The van der Waals surface area contributed by atoms with Gasteiger partial charge in [-0.3, -0.25) is 4.79 Å². The number of thiophene rings is 1. The third-order valence-corrected chi connectivity index (χ3v) is 4.12. The van der Waals surface area contributed by atoms with Crippen LogP contribution in [0.2, 0.25) is 0 Å². The van der Waals surface area contributed by atoms with Crippen molar-refractivity contribution in [2.75, 3.05) is 5.73 Å². The minimum atomic E-state index is -0.923. The molecule has 2 rings (SSSR count). The Kier molecular flexibility index (Phi) is 4.04. The quantitative estimate of drug-likeness (QED) is 0.855. The maximum atomic E-state index is 13.5. The first-order chi connectivity index (χ1) is 9.38. The van der Waals surface area contributed by atoms with Crippen LogP contribution >= 0.6 is 11.3 Å². The van der Waals surface area contributed by atoms with E-state index in [0.717, 1.165) is 16.5 Å². The number of nitrogens with one attached hydrogen (secondary N) is 1. The SMILES string of the molecule is Cc1cc(CNC(=O)c2cc(N)c(F)cc2F)sc1C. The van der Waals surface area contributed by atoms with Gasteiger partial charge in [-0.05, 0) is 31.5 Å². The van der Waals surface area contributed by atoms with Gasteiger partial charge in [-0.25, -0.2) is 8.78 Å². The highest BCUT2D eigenvalue weighted by atomic mass is 32.1. The van der Waals surface area contributed by atoms with Crippen molar-refractivity contribution in [2.45, 2.75) is 20.4 Å². The summed E-state index contributed by atoms with van der Waals surface area (Å²) in [4.78, 5) is 14.0. The van der Waals surface area contributed by atoms with Crippen LogP contribution in [0.25, 0.3) is 0 Å². The number of hydrogen-bond donors (Lipinski definition) is 2. The third-order valence-electron chi connectivity index (χ3n) is 2.97. The molecule has 1 aromatic carbocycles. The Labute approximate surface area is 119 Å². The van der Waals surface area contributed by atoms with Gasteiger partial charge < -0.3 is 11.1 Å². The van der Waals surface area contributed by atoms with Crippen molar-refractivity contribution in [3.05, 3.63) is 50.7 Å². The summed E-state index contributed by atoms with van der Waals surface area (Å²) in [6, 6.07) is 3.59. The van der Waals surface area contributed by atoms with E-state index in [1.165, 1.54) is 4.88 Å². The normalized spacial score (nSPS) is 10.6. The first kappa shape index (κ1) is 14.5. The second-order valence-corrected chi connectivity index (χ2v) is 5.83. The smallest absolute Gasteiger partial charge is 0.254 e. The maximum absolute atomic E-state index is 13.5. The minimum Gasteiger partial charge on any atom is -0.396 e. The molecule has 1 aromatic heterocycles. The Hall–Kier alpha value is -1.95. The van der Waals surface area contributed by atoms with Crippen molar-refractivity contribution in [3.63, 3.8) is 0 Å². The summed E-state index contributed by atoms with van der Waals surface area (Å²) in [5.74, 6) is -2.41. The zero-order valence-electron chi connectivity index (χ0n) is 11.1. The topological polar surface area (TPSA) is 55.1 Å².